The van der Waals surface area contributed by atoms with Crippen molar-refractivity contribution in [3.8, 4) is 0 Å². The molecule has 17 heavy (non-hydrogen) atoms. The number of nitrogens with zero attached hydrogens (tertiary/aromatic N) is 2. The standard InChI is InChI=1S/C11H13N3O2S/c1-7(2)9-10(15)13-11(17-9)14-12-6-8-4-3-5-16-8/h3-7,9H,1-2H3,(H,13,14,15). The van der Waals surface area contributed by atoms with Gasteiger partial charge in [0.25, 0.3) is 0 Å². The minimum Gasteiger partial charge on any atom is -0.463 e. The number of thioether (sulfide) groups is 1. The third-order valence-electron chi connectivity index (χ3n) is 2.21. The molecule has 90 valence electrons. The van der Waals surface area contributed by atoms with E-state index in [1.807, 2.05) is 13.8 Å². The molecule has 0 bridgehead atoms. The number of carbonyl (C=O) groups excluding carboxylic acids is 1. The van der Waals surface area contributed by atoms with Gasteiger partial charge in [0.05, 0.1) is 17.7 Å². The van der Waals surface area contributed by atoms with E-state index in [4.69, 9.17) is 4.42 Å². The van der Waals surface area contributed by atoms with E-state index in [0.29, 0.717) is 10.9 Å². The van der Waals surface area contributed by atoms with Crippen LogP contribution in [0.2, 0.25) is 0 Å². The van der Waals surface area contributed by atoms with E-state index in [0.717, 1.165) is 0 Å². The molecular formula is C11H13N3O2S. The molecule has 1 fully saturated rings. The van der Waals surface area contributed by atoms with Crippen LogP contribution in [-0.4, -0.2) is 22.5 Å². The summed E-state index contributed by atoms with van der Waals surface area (Å²) in [7, 11) is 0. The molecule has 6 heteroatoms. The van der Waals surface area contributed by atoms with Crippen LogP contribution in [0.15, 0.2) is 33.0 Å². The van der Waals surface area contributed by atoms with Gasteiger partial charge in [0.2, 0.25) is 5.91 Å². The Kier molecular flexibility index (Phi) is 3.63. The molecule has 0 aromatic carbocycles. The Hall–Kier alpha value is -1.56. The predicted octanol–water partition coefficient (Wildman–Crippen LogP) is 1.86. The average Bonchev–Trinajstić information content (AvgIpc) is 2.88. The molecule has 0 spiro atoms. The lowest BCUT2D eigenvalue weighted by molar-refractivity contribution is -0.119. The summed E-state index contributed by atoms with van der Waals surface area (Å²) in [6.45, 7) is 4.01. The summed E-state index contributed by atoms with van der Waals surface area (Å²) in [5, 5.41) is 11.0. The Labute approximate surface area is 103 Å². The van der Waals surface area contributed by atoms with E-state index in [1.54, 1.807) is 18.4 Å². The summed E-state index contributed by atoms with van der Waals surface area (Å²) in [5.41, 5.74) is 0. The van der Waals surface area contributed by atoms with Crippen LogP contribution in [0.1, 0.15) is 19.6 Å². The number of furan rings is 1. The maximum Gasteiger partial charge on any atom is 0.239 e. The van der Waals surface area contributed by atoms with Crippen LogP contribution in [0.25, 0.3) is 0 Å². The van der Waals surface area contributed by atoms with Crippen molar-refractivity contribution < 1.29 is 9.21 Å². The topological polar surface area (TPSA) is 67.0 Å². The molecule has 1 amide bonds. The van der Waals surface area contributed by atoms with Crippen LogP contribution in [0.4, 0.5) is 0 Å². The molecule has 1 N–H and O–H groups in total. The Morgan fingerprint density at radius 2 is 2.41 bits per heavy atom. The summed E-state index contributed by atoms with van der Waals surface area (Å²) < 4.78 is 5.07. The van der Waals surface area contributed by atoms with Crippen molar-refractivity contribution in [2.45, 2.75) is 19.1 Å². The minimum absolute atomic E-state index is 0.00283. The summed E-state index contributed by atoms with van der Waals surface area (Å²) >= 11 is 1.41. The highest BCUT2D eigenvalue weighted by molar-refractivity contribution is 8.15. The van der Waals surface area contributed by atoms with Gasteiger partial charge in [-0.25, -0.2) is 0 Å². The van der Waals surface area contributed by atoms with Gasteiger partial charge in [-0.3, -0.25) is 4.79 Å². The summed E-state index contributed by atoms with van der Waals surface area (Å²) in [6, 6.07) is 3.55. The Balaban J connectivity index is 1.98. The molecule has 1 unspecified atom stereocenters. The first-order valence-electron chi connectivity index (χ1n) is 5.29. The first kappa shape index (κ1) is 11.9. The second-order valence-electron chi connectivity index (χ2n) is 3.94. The molecule has 1 aliphatic heterocycles. The molecule has 0 radical (unpaired) electrons. The molecule has 2 rings (SSSR count). The first-order valence-corrected chi connectivity index (χ1v) is 6.17. The quantitative estimate of drug-likeness (QED) is 0.658. The van der Waals surface area contributed by atoms with Crippen molar-refractivity contribution in [1.29, 1.82) is 0 Å². The number of hydrogen-bond acceptors (Lipinski definition) is 5. The van der Waals surface area contributed by atoms with Crippen LogP contribution >= 0.6 is 11.8 Å². The lowest BCUT2D eigenvalue weighted by Gasteiger charge is -2.07. The lowest BCUT2D eigenvalue weighted by atomic mass is 10.1. The zero-order chi connectivity index (χ0) is 12.3. The highest BCUT2D eigenvalue weighted by atomic mass is 32.2. The van der Waals surface area contributed by atoms with Crippen molar-refractivity contribution >= 4 is 29.1 Å². The third-order valence-corrected chi connectivity index (χ3v) is 3.63. The number of hydrogen-bond donors (Lipinski definition) is 1. The smallest absolute Gasteiger partial charge is 0.239 e. The molecule has 0 aliphatic carbocycles. The fraction of sp³-hybridized carbons (Fsp3) is 0.364. The molecule has 1 saturated heterocycles. The van der Waals surface area contributed by atoms with Gasteiger partial charge in [0.1, 0.15) is 5.76 Å². The normalized spacial score (nSPS) is 22.9. The molecule has 1 aromatic rings. The average molecular weight is 251 g/mol. The fourth-order valence-corrected chi connectivity index (χ4v) is 2.30. The van der Waals surface area contributed by atoms with E-state index in [1.165, 1.54) is 18.0 Å². The van der Waals surface area contributed by atoms with Crippen molar-refractivity contribution in [3.63, 3.8) is 0 Å². The van der Waals surface area contributed by atoms with Gasteiger partial charge in [-0.15, -0.1) is 5.10 Å². The summed E-state index contributed by atoms with van der Waals surface area (Å²) in [4.78, 5) is 11.5. The number of amidine groups is 1. The van der Waals surface area contributed by atoms with Crippen molar-refractivity contribution in [3.05, 3.63) is 24.2 Å². The van der Waals surface area contributed by atoms with Crippen LogP contribution < -0.4 is 5.32 Å². The zero-order valence-corrected chi connectivity index (χ0v) is 10.4. The van der Waals surface area contributed by atoms with Gasteiger partial charge in [-0.05, 0) is 18.1 Å². The van der Waals surface area contributed by atoms with Gasteiger partial charge in [0, 0.05) is 0 Å². The lowest BCUT2D eigenvalue weighted by Crippen LogP contribution is -2.27. The highest BCUT2D eigenvalue weighted by Crippen LogP contribution is 2.25. The van der Waals surface area contributed by atoms with Gasteiger partial charge < -0.3 is 9.73 Å². The third kappa shape index (κ3) is 2.97. The Morgan fingerprint density at radius 1 is 1.59 bits per heavy atom. The van der Waals surface area contributed by atoms with E-state index < -0.39 is 0 Å². The maximum absolute atomic E-state index is 11.5. The molecule has 5 nitrogen and oxygen atoms in total. The Bertz CT molecular complexity index is 451. The van der Waals surface area contributed by atoms with Crippen LogP contribution in [0.5, 0.6) is 0 Å². The van der Waals surface area contributed by atoms with Crippen LogP contribution in [-0.2, 0) is 4.79 Å². The maximum atomic E-state index is 11.5. The zero-order valence-electron chi connectivity index (χ0n) is 9.58. The van der Waals surface area contributed by atoms with Crippen molar-refractivity contribution in [1.82, 2.24) is 5.32 Å². The summed E-state index contributed by atoms with van der Waals surface area (Å²) in [5.74, 6) is 0.905. The predicted molar refractivity (Wildman–Crippen MR) is 68.1 cm³/mol. The number of nitrogens with one attached hydrogen (secondary N) is 1. The van der Waals surface area contributed by atoms with E-state index in [-0.39, 0.29) is 17.1 Å². The molecular weight excluding hydrogens is 238 g/mol. The van der Waals surface area contributed by atoms with Gasteiger partial charge >= 0.3 is 0 Å². The molecule has 1 atom stereocenters. The second kappa shape index (κ2) is 5.18. The number of carbonyl (C=O) groups is 1. The van der Waals surface area contributed by atoms with E-state index in [2.05, 4.69) is 15.5 Å². The molecule has 0 saturated carbocycles. The minimum atomic E-state index is -0.0763. The van der Waals surface area contributed by atoms with Gasteiger partial charge in [-0.2, -0.15) is 5.10 Å². The molecule has 1 aromatic heterocycles. The van der Waals surface area contributed by atoms with E-state index in [9.17, 15) is 4.79 Å². The number of rotatable bonds is 3. The Morgan fingerprint density at radius 3 is 3.00 bits per heavy atom. The summed E-state index contributed by atoms with van der Waals surface area (Å²) in [6.07, 6.45) is 3.07. The monoisotopic (exact) mass is 251 g/mol. The largest absolute Gasteiger partial charge is 0.463 e. The van der Waals surface area contributed by atoms with Gasteiger partial charge in [-0.1, -0.05) is 25.6 Å². The highest BCUT2D eigenvalue weighted by Gasteiger charge is 2.32. The van der Waals surface area contributed by atoms with Crippen LogP contribution in [0.3, 0.4) is 0 Å². The fourth-order valence-electron chi connectivity index (χ4n) is 1.37. The number of amides is 1. The van der Waals surface area contributed by atoms with Crippen LogP contribution in [0, 0.1) is 5.92 Å². The molecule has 1 aliphatic rings. The van der Waals surface area contributed by atoms with Gasteiger partial charge in [0.15, 0.2) is 5.17 Å². The molecule has 2 heterocycles. The van der Waals surface area contributed by atoms with Crippen molar-refractivity contribution in [2.75, 3.05) is 0 Å². The SMILES string of the molecule is CC(C)C1S/C(=N/N=Cc2ccco2)NC1=O. The van der Waals surface area contributed by atoms with Crippen molar-refractivity contribution in [2.24, 2.45) is 16.1 Å². The second-order valence-corrected chi connectivity index (χ2v) is 5.07. The first-order chi connectivity index (χ1) is 8.16. The van der Waals surface area contributed by atoms with E-state index >= 15 is 0 Å².